The second-order valence-corrected chi connectivity index (χ2v) is 8.26. The van der Waals surface area contributed by atoms with E-state index in [0.29, 0.717) is 23.9 Å². The number of benzene rings is 1. The molecule has 0 radical (unpaired) electrons. The fourth-order valence-corrected chi connectivity index (χ4v) is 4.02. The lowest BCUT2D eigenvalue weighted by molar-refractivity contribution is -0.115. The molecule has 0 heterocycles. The Morgan fingerprint density at radius 3 is 2.58 bits per heavy atom. The molecule has 1 fully saturated rings. The number of aryl methyl sites for hydroxylation is 2. The molecule has 1 saturated carbocycles. The molecule has 0 aliphatic heterocycles. The fourth-order valence-electron chi connectivity index (χ4n) is 4.02. The summed E-state index contributed by atoms with van der Waals surface area (Å²) in [5.41, 5.74) is 3.62. The van der Waals surface area contributed by atoms with Crippen LogP contribution in [0.25, 0.3) is 0 Å². The summed E-state index contributed by atoms with van der Waals surface area (Å²) in [6, 6.07) is 6.65. The number of amides is 1. The number of hydrogen-bond donors (Lipinski definition) is 2. The summed E-state index contributed by atoms with van der Waals surface area (Å²) < 4.78 is 0. The van der Waals surface area contributed by atoms with E-state index in [0.717, 1.165) is 17.7 Å². The van der Waals surface area contributed by atoms with Gasteiger partial charge in [0, 0.05) is 11.7 Å². The van der Waals surface area contributed by atoms with Gasteiger partial charge in [0.2, 0.25) is 5.91 Å². The van der Waals surface area contributed by atoms with Crippen LogP contribution in [-0.4, -0.2) is 18.5 Å². The Morgan fingerprint density at radius 1 is 1.21 bits per heavy atom. The molecule has 0 aromatic heterocycles. The monoisotopic (exact) mass is 330 g/mol. The van der Waals surface area contributed by atoms with E-state index in [4.69, 9.17) is 0 Å². The Morgan fingerprint density at radius 2 is 1.92 bits per heavy atom. The van der Waals surface area contributed by atoms with Crippen molar-refractivity contribution < 1.29 is 4.79 Å². The normalized spacial score (nSPS) is 21.5. The van der Waals surface area contributed by atoms with E-state index in [2.05, 4.69) is 63.5 Å². The Kier molecular flexibility index (Phi) is 6.45. The Hall–Kier alpha value is -1.35. The van der Waals surface area contributed by atoms with Crippen LogP contribution >= 0.6 is 0 Å². The highest BCUT2D eigenvalue weighted by molar-refractivity contribution is 5.93. The maximum absolute atomic E-state index is 12.5. The molecule has 2 N–H and O–H groups in total. The van der Waals surface area contributed by atoms with Gasteiger partial charge in [0.1, 0.15) is 0 Å². The minimum Gasteiger partial charge on any atom is -0.324 e. The van der Waals surface area contributed by atoms with Crippen LogP contribution in [0, 0.1) is 18.3 Å². The maximum Gasteiger partial charge on any atom is 0.238 e. The van der Waals surface area contributed by atoms with Crippen LogP contribution in [0.5, 0.6) is 0 Å². The highest BCUT2D eigenvalue weighted by atomic mass is 16.1. The predicted molar refractivity (Wildman–Crippen MR) is 102 cm³/mol. The van der Waals surface area contributed by atoms with Gasteiger partial charge in [0.05, 0.1) is 6.54 Å². The number of anilines is 1. The number of nitrogens with one attached hydrogen (secondary N) is 2. The largest absolute Gasteiger partial charge is 0.324 e. The summed E-state index contributed by atoms with van der Waals surface area (Å²) in [6.45, 7) is 11.5. The lowest BCUT2D eigenvalue weighted by atomic mass is 9.69. The summed E-state index contributed by atoms with van der Waals surface area (Å²) >= 11 is 0. The van der Waals surface area contributed by atoms with Crippen molar-refractivity contribution >= 4 is 11.6 Å². The topological polar surface area (TPSA) is 41.1 Å². The highest BCUT2D eigenvalue weighted by Crippen LogP contribution is 2.37. The number of rotatable bonds is 5. The quantitative estimate of drug-likeness (QED) is 0.822. The molecule has 1 aromatic rings. The SMILES string of the molecule is CCc1cccc(C)c1NC(=O)CNC1CCCCC1C(C)(C)C. The summed E-state index contributed by atoms with van der Waals surface area (Å²) in [5.74, 6) is 0.709. The number of carbonyl (C=O) groups excluding carboxylic acids is 1. The van der Waals surface area contributed by atoms with E-state index in [9.17, 15) is 4.79 Å². The van der Waals surface area contributed by atoms with Gasteiger partial charge < -0.3 is 10.6 Å². The lowest BCUT2D eigenvalue weighted by Gasteiger charge is -2.41. The van der Waals surface area contributed by atoms with Gasteiger partial charge in [-0.25, -0.2) is 0 Å². The first kappa shape index (κ1) is 19.0. The summed E-state index contributed by atoms with van der Waals surface area (Å²) in [4.78, 5) is 12.5. The van der Waals surface area contributed by atoms with Crippen LogP contribution in [-0.2, 0) is 11.2 Å². The zero-order valence-electron chi connectivity index (χ0n) is 16.0. The molecule has 2 rings (SSSR count). The van der Waals surface area contributed by atoms with Gasteiger partial charge in [-0.1, -0.05) is 58.7 Å². The van der Waals surface area contributed by atoms with Crippen LogP contribution in [0.2, 0.25) is 0 Å². The van der Waals surface area contributed by atoms with Crippen LogP contribution in [0.3, 0.4) is 0 Å². The average molecular weight is 331 g/mol. The van der Waals surface area contributed by atoms with Gasteiger partial charge in [0.15, 0.2) is 0 Å². The van der Waals surface area contributed by atoms with Gasteiger partial charge >= 0.3 is 0 Å². The molecule has 0 saturated heterocycles. The molecule has 24 heavy (non-hydrogen) atoms. The van der Waals surface area contributed by atoms with Crippen molar-refractivity contribution in [1.29, 1.82) is 0 Å². The second-order valence-electron chi connectivity index (χ2n) is 8.26. The molecule has 1 amide bonds. The standard InChI is InChI=1S/C21H34N2O/c1-6-16-11-9-10-15(2)20(16)23-19(24)14-22-18-13-8-7-12-17(18)21(3,4)5/h9-11,17-18,22H,6-8,12-14H2,1-5H3,(H,23,24). The summed E-state index contributed by atoms with van der Waals surface area (Å²) in [7, 11) is 0. The van der Waals surface area contributed by atoms with Crippen LogP contribution in [0.15, 0.2) is 18.2 Å². The molecule has 3 nitrogen and oxygen atoms in total. The molecule has 1 aliphatic rings. The first-order valence-electron chi connectivity index (χ1n) is 9.44. The lowest BCUT2D eigenvalue weighted by Crippen LogP contribution is -2.46. The van der Waals surface area contributed by atoms with Crippen molar-refractivity contribution in [1.82, 2.24) is 5.32 Å². The van der Waals surface area contributed by atoms with Crippen LogP contribution < -0.4 is 10.6 Å². The molecular weight excluding hydrogens is 296 g/mol. The van der Waals surface area contributed by atoms with Crippen molar-refractivity contribution in [3.8, 4) is 0 Å². The number of carbonyl (C=O) groups is 1. The fraction of sp³-hybridized carbons (Fsp3) is 0.667. The van der Waals surface area contributed by atoms with Crippen molar-refractivity contribution in [3.63, 3.8) is 0 Å². The third-order valence-corrected chi connectivity index (χ3v) is 5.41. The van der Waals surface area contributed by atoms with Gasteiger partial charge in [-0.2, -0.15) is 0 Å². The maximum atomic E-state index is 12.5. The predicted octanol–water partition coefficient (Wildman–Crippen LogP) is 4.69. The summed E-state index contributed by atoms with van der Waals surface area (Å²) in [5, 5.41) is 6.66. The molecule has 0 bridgehead atoms. The molecule has 1 aliphatic carbocycles. The highest BCUT2D eigenvalue weighted by Gasteiger charge is 2.33. The number of para-hydroxylation sites is 1. The minimum absolute atomic E-state index is 0.0669. The molecule has 1 aromatic carbocycles. The first-order valence-corrected chi connectivity index (χ1v) is 9.44. The molecular formula is C21H34N2O. The molecule has 2 unspecified atom stereocenters. The smallest absolute Gasteiger partial charge is 0.238 e. The summed E-state index contributed by atoms with van der Waals surface area (Å²) in [6.07, 6.45) is 5.96. The van der Waals surface area contributed by atoms with Crippen molar-refractivity contribution in [2.45, 2.75) is 72.8 Å². The molecule has 0 spiro atoms. The second kappa shape index (κ2) is 8.15. The van der Waals surface area contributed by atoms with E-state index in [1.807, 2.05) is 0 Å². The Labute approximate surface area is 147 Å². The molecule has 3 heteroatoms. The molecule has 134 valence electrons. The van der Waals surface area contributed by atoms with Crippen LogP contribution in [0.1, 0.15) is 64.5 Å². The first-order chi connectivity index (χ1) is 11.3. The van der Waals surface area contributed by atoms with E-state index in [-0.39, 0.29) is 5.91 Å². The zero-order chi connectivity index (χ0) is 17.7. The van der Waals surface area contributed by atoms with Gasteiger partial charge in [-0.15, -0.1) is 0 Å². The van der Waals surface area contributed by atoms with Gasteiger partial charge in [-0.05, 0) is 48.6 Å². The van der Waals surface area contributed by atoms with E-state index >= 15 is 0 Å². The minimum atomic E-state index is 0.0669. The van der Waals surface area contributed by atoms with Crippen molar-refractivity contribution in [3.05, 3.63) is 29.3 Å². The van der Waals surface area contributed by atoms with Crippen molar-refractivity contribution in [2.24, 2.45) is 11.3 Å². The Bertz CT molecular complexity index is 559. The Balaban J connectivity index is 1.96. The van der Waals surface area contributed by atoms with E-state index in [1.165, 1.54) is 31.2 Å². The zero-order valence-corrected chi connectivity index (χ0v) is 16.0. The van der Waals surface area contributed by atoms with E-state index in [1.54, 1.807) is 0 Å². The van der Waals surface area contributed by atoms with Gasteiger partial charge in [0.25, 0.3) is 0 Å². The third kappa shape index (κ3) is 4.83. The van der Waals surface area contributed by atoms with Crippen LogP contribution in [0.4, 0.5) is 5.69 Å². The number of hydrogen-bond acceptors (Lipinski definition) is 2. The third-order valence-electron chi connectivity index (χ3n) is 5.41. The van der Waals surface area contributed by atoms with Crippen molar-refractivity contribution in [2.75, 3.05) is 11.9 Å². The molecule has 2 atom stereocenters. The van der Waals surface area contributed by atoms with Gasteiger partial charge in [-0.3, -0.25) is 4.79 Å². The van der Waals surface area contributed by atoms with E-state index < -0.39 is 0 Å². The average Bonchev–Trinajstić information content (AvgIpc) is 2.54.